The van der Waals surface area contributed by atoms with Gasteiger partial charge < -0.3 is 4.42 Å². The van der Waals surface area contributed by atoms with Crippen molar-refractivity contribution in [2.45, 2.75) is 58.8 Å². The van der Waals surface area contributed by atoms with Gasteiger partial charge in [0, 0.05) is 12.8 Å². The van der Waals surface area contributed by atoms with Crippen molar-refractivity contribution in [1.82, 2.24) is 0 Å². The van der Waals surface area contributed by atoms with Crippen LogP contribution in [0.4, 0.5) is 0 Å². The Balaban J connectivity index is 2.48. The van der Waals surface area contributed by atoms with E-state index in [-0.39, 0.29) is 0 Å². The minimum atomic E-state index is 0.621. The second-order valence-corrected chi connectivity index (χ2v) is 4.56. The van der Waals surface area contributed by atoms with Gasteiger partial charge in [0.15, 0.2) is 0 Å². The maximum absolute atomic E-state index is 5.95. The highest BCUT2D eigenvalue weighted by molar-refractivity contribution is 5.37. The molecule has 0 saturated carbocycles. The van der Waals surface area contributed by atoms with Crippen molar-refractivity contribution in [2.75, 3.05) is 0 Å². The molecular formula is C13H20O. The summed E-state index contributed by atoms with van der Waals surface area (Å²) in [6, 6.07) is 0. The summed E-state index contributed by atoms with van der Waals surface area (Å²) in [6.07, 6.45) is 6.10. The van der Waals surface area contributed by atoms with Crippen LogP contribution in [0.1, 0.15) is 62.2 Å². The number of furan rings is 1. The SMILES string of the molecule is CCc1oc2c(c1C(C)C)CCCC2. The first-order valence-electron chi connectivity index (χ1n) is 5.87. The van der Waals surface area contributed by atoms with Crippen molar-refractivity contribution < 1.29 is 4.42 Å². The maximum Gasteiger partial charge on any atom is 0.107 e. The van der Waals surface area contributed by atoms with E-state index in [1.54, 1.807) is 5.56 Å². The van der Waals surface area contributed by atoms with E-state index < -0.39 is 0 Å². The molecule has 78 valence electrons. The molecule has 1 nitrogen and oxygen atoms in total. The topological polar surface area (TPSA) is 13.1 Å². The molecule has 1 aliphatic carbocycles. The van der Waals surface area contributed by atoms with Crippen LogP contribution in [0.2, 0.25) is 0 Å². The lowest BCUT2D eigenvalue weighted by molar-refractivity contribution is 0.445. The van der Waals surface area contributed by atoms with E-state index >= 15 is 0 Å². The summed E-state index contributed by atoms with van der Waals surface area (Å²) in [6.45, 7) is 6.74. The predicted octanol–water partition coefficient (Wildman–Crippen LogP) is 3.84. The fourth-order valence-corrected chi connectivity index (χ4v) is 2.58. The second-order valence-electron chi connectivity index (χ2n) is 4.56. The van der Waals surface area contributed by atoms with Gasteiger partial charge >= 0.3 is 0 Å². The molecule has 2 rings (SSSR count). The predicted molar refractivity (Wildman–Crippen MR) is 58.8 cm³/mol. The van der Waals surface area contributed by atoms with Gasteiger partial charge in [-0.15, -0.1) is 0 Å². The molecule has 0 radical (unpaired) electrons. The molecule has 1 heteroatoms. The molecule has 0 saturated heterocycles. The van der Waals surface area contributed by atoms with E-state index in [0.717, 1.165) is 12.8 Å². The molecule has 0 amide bonds. The van der Waals surface area contributed by atoms with E-state index in [0.29, 0.717) is 5.92 Å². The van der Waals surface area contributed by atoms with Gasteiger partial charge in [0.1, 0.15) is 11.5 Å². The smallest absolute Gasteiger partial charge is 0.107 e. The Bertz CT molecular complexity index is 320. The van der Waals surface area contributed by atoms with Crippen molar-refractivity contribution in [2.24, 2.45) is 0 Å². The van der Waals surface area contributed by atoms with Crippen LogP contribution in [-0.4, -0.2) is 0 Å². The lowest BCUT2D eigenvalue weighted by atomic mass is 9.89. The maximum atomic E-state index is 5.95. The summed E-state index contributed by atoms with van der Waals surface area (Å²) in [5.74, 6) is 3.15. The number of aryl methyl sites for hydroxylation is 2. The molecule has 0 N–H and O–H groups in total. The highest BCUT2D eigenvalue weighted by atomic mass is 16.3. The summed E-state index contributed by atoms with van der Waals surface area (Å²) < 4.78 is 5.95. The van der Waals surface area contributed by atoms with Gasteiger partial charge in [-0.05, 0) is 36.3 Å². The van der Waals surface area contributed by atoms with Gasteiger partial charge in [-0.25, -0.2) is 0 Å². The first kappa shape index (κ1) is 9.82. The summed E-state index contributed by atoms with van der Waals surface area (Å²) in [5, 5.41) is 0. The number of rotatable bonds is 2. The Morgan fingerprint density at radius 3 is 2.57 bits per heavy atom. The van der Waals surface area contributed by atoms with Crippen LogP contribution in [0.5, 0.6) is 0 Å². The monoisotopic (exact) mass is 192 g/mol. The molecule has 1 heterocycles. The van der Waals surface area contributed by atoms with Crippen molar-refractivity contribution in [3.8, 4) is 0 Å². The Morgan fingerprint density at radius 1 is 1.21 bits per heavy atom. The molecule has 0 spiro atoms. The minimum absolute atomic E-state index is 0.621. The molecule has 1 aromatic heterocycles. The average Bonchev–Trinajstić information content (AvgIpc) is 2.55. The molecule has 0 aromatic carbocycles. The average molecular weight is 192 g/mol. The molecule has 14 heavy (non-hydrogen) atoms. The first-order valence-corrected chi connectivity index (χ1v) is 5.87. The van der Waals surface area contributed by atoms with Gasteiger partial charge in [0.2, 0.25) is 0 Å². The van der Waals surface area contributed by atoms with E-state index in [4.69, 9.17) is 4.42 Å². The summed E-state index contributed by atoms with van der Waals surface area (Å²) in [5.41, 5.74) is 3.06. The molecule has 0 bridgehead atoms. The van der Waals surface area contributed by atoms with Crippen molar-refractivity contribution in [1.29, 1.82) is 0 Å². The normalized spacial score (nSPS) is 16.0. The summed E-state index contributed by atoms with van der Waals surface area (Å²) in [7, 11) is 0. The van der Waals surface area contributed by atoms with E-state index in [1.807, 2.05) is 0 Å². The second kappa shape index (κ2) is 3.80. The molecule has 0 unspecified atom stereocenters. The standard InChI is InChI=1S/C13H20O/c1-4-11-13(9(2)3)10-7-5-6-8-12(10)14-11/h9H,4-8H2,1-3H3. The first-order chi connectivity index (χ1) is 6.74. The largest absolute Gasteiger partial charge is 0.466 e. The van der Waals surface area contributed by atoms with Gasteiger partial charge in [0.05, 0.1) is 0 Å². The van der Waals surface area contributed by atoms with Crippen molar-refractivity contribution in [3.63, 3.8) is 0 Å². The van der Waals surface area contributed by atoms with Crippen LogP contribution < -0.4 is 0 Å². The highest BCUT2D eigenvalue weighted by Crippen LogP contribution is 2.34. The minimum Gasteiger partial charge on any atom is -0.466 e. The number of hydrogen-bond donors (Lipinski definition) is 0. The molecule has 1 aliphatic rings. The van der Waals surface area contributed by atoms with Crippen LogP contribution in [-0.2, 0) is 19.3 Å². The molecule has 0 fully saturated rings. The van der Waals surface area contributed by atoms with Crippen molar-refractivity contribution in [3.05, 3.63) is 22.6 Å². The highest BCUT2D eigenvalue weighted by Gasteiger charge is 2.22. The van der Waals surface area contributed by atoms with Crippen LogP contribution in [0.25, 0.3) is 0 Å². The fourth-order valence-electron chi connectivity index (χ4n) is 2.58. The third kappa shape index (κ3) is 1.49. The summed E-state index contributed by atoms with van der Waals surface area (Å²) >= 11 is 0. The Hall–Kier alpha value is -0.720. The van der Waals surface area contributed by atoms with Crippen LogP contribution in [0, 0.1) is 0 Å². The molecule has 0 aliphatic heterocycles. The zero-order chi connectivity index (χ0) is 10.1. The van der Waals surface area contributed by atoms with Gasteiger partial charge in [-0.3, -0.25) is 0 Å². The number of hydrogen-bond acceptors (Lipinski definition) is 1. The Labute approximate surface area is 86.5 Å². The fraction of sp³-hybridized carbons (Fsp3) is 0.692. The molecule has 1 aromatic rings. The van der Waals surface area contributed by atoms with Gasteiger partial charge in [-0.1, -0.05) is 20.8 Å². The van der Waals surface area contributed by atoms with E-state index in [9.17, 15) is 0 Å². The Morgan fingerprint density at radius 2 is 1.93 bits per heavy atom. The van der Waals surface area contributed by atoms with E-state index in [2.05, 4.69) is 20.8 Å². The molecule has 0 atom stereocenters. The van der Waals surface area contributed by atoms with Crippen LogP contribution >= 0.6 is 0 Å². The quantitative estimate of drug-likeness (QED) is 0.693. The summed E-state index contributed by atoms with van der Waals surface area (Å²) in [4.78, 5) is 0. The molecular weight excluding hydrogens is 172 g/mol. The zero-order valence-electron chi connectivity index (χ0n) is 9.52. The van der Waals surface area contributed by atoms with Gasteiger partial charge in [0.25, 0.3) is 0 Å². The van der Waals surface area contributed by atoms with Crippen LogP contribution in [0.3, 0.4) is 0 Å². The van der Waals surface area contributed by atoms with Gasteiger partial charge in [-0.2, -0.15) is 0 Å². The van der Waals surface area contributed by atoms with Crippen molar-refractivity contribution >= 4 is 0 Å². The Kier molecular flexibility index (Phi) is 2.66. The lowest BCUT2D eigenvalue weighted by Gasteiger charge is -2.12. The zero-order valence-corrected chi connectivity index (χ0v) is 9.52. The number of fused-ring (bicyclic) bond motifs is 1. The van der Waals surface area contributed by atoms with E-state index in [1.165, 1.54) is 36.3 Å². The third-order valence-electron chi connectivity index (χ3n) is 3.19. The lowest BCUT2D eigenvalue weighted by Crippen LogP contribution is -2.03. The van der Waals surface area contributed by atoms with Crippen LogP contribution in [0.15, 0.2) is 4.42 Å². The third-order valence-corrected chi connectivity index (χ3v) is 3.19.